The number of likely N-dealkylation sites (N-methyl/N-ethyl adjacent to an activating group) is 1. The molecule has 0 aliphatic rings. The zero-order chi connectivity index (χ0) is 21.2. The van der Waals surface area contributed by atoms with Gasteiger partial charge in [-0.05, 0) is 38.4 Å². The molecular weight excluding hydrogens is 366 g/mol. The molecule has 2 aromatic carbocycles. The number of nitrogens with zero attached hydrogens (tertiary/aromatic N) is 1. The van der Waals surface area contributed by atoms with Crippen molar-refractivity contribution in [2.24, 2.45) is 5.73 Å². The number of hydrogen-bond acceptors (Lipinski definition) is 4. The first-order valence-corrected chi connectivity index (χ1v) is 9.87. The molecule has 0 saturated heterocycles. The zero-order valence-electron chi connectivity index (χ0n) is 17.1. The van der Waals surface area contributed by atoms with Crippen molar-refractivity contribution >= 4 is 23.3 Å². The fourth-order valence-electron chi connectivity index (χ4n) is 2.99. The smallest absolute Gasteiger partial charge is 0.246 e. The summed E-state index contributed by atoms with van der Waals surface area (Å²) in [6.45, 7) is 2.41. The first kappa shape index (κ1) is 22.3. The number of amides is 2. The van der Waals surface area contributed by atoms with E-state index in [9.17, 15) is 14.4 Å². The summed E-state index contributed by atoms with van der Waals surface area (Å²) in [7, 11) is 1.61. The zero-order valence-corrected chi connectivity index (χ0v) is 17.1. The molecule has 0 fully saturated rings. The monoisotopic (exact) mass is 395 g/mol. The molecule has 0 aromatic heterocycles. The van der Waals surface area contributed by atoms with Crippen molar-refractivity contribution in [3.05, 3.63) is 65.2 Å². The Morgan fingerprint density at radius 1 is 1.00 bits per heavy atom. The van der Waals surface area contributed by atoms with Crippen molar-refractivity contribution < 1.29 is 14.4 Å². The Morgan fingerprint density at radius 3 is 2.41 bits per heavy atom. The fraction of sp³-hybridized carbons (Fsp3) is 0.348. The van der Waals surface area contributed by atoms with Crippen molar-refractivity contribution in [1.82, 2.24) is 5.32 Å². The molecule has 0 atom stereocenters. The predicted molar refractivity (Wildman–Crippen MR) is 115 cm³/mol. The maximum atomic E-state index is 13.0. The quantitative estimate of drug-likeness (QED) is 0.478. The van der Waals surface area contributed by atoms with Gasteiger partial charge in [0.25, 0.3) is 0 Å². The standard InChI is InChI=1S/C23H29N3O3/c1-17-12-13-20(19(15-17)23(29)18-9-5-3-6-10-18)26(2)22(28)16-25-21(27)11-7-4-8-14-24/h3,5-6,9-10,12-13,15H,4,7-8,11,14,16,24H2,1-2H3,(H,25,27). The van der Waals surface area contributed by atoms with Crippen LogP contribution in [0.3, 0.4) is 0 Å². The van der Waals surface area contributed by atoms with Crippen molar-refractivity contribution in [2.75, 3.05) is 25.0 Å². The number of aryl methyl sites for hydroxylation is 1. The molecule has 0 bridgehead atoms. The van der Waals surface area contributed by atoms with E-state index in [0.29, 0.717) is 29.8 Å². The molecule has 0 saturated carbocycles. The van der Waals surface area contributed by atoms with Gasteiger partial charge in [-0.2, -0.15) is 0 Å². The van der Waals surface area contributed by atoms with Crippen LogP contribution in [0.1, 0.15) is 47.2 Å². The summed E-state index contributed by atoms with van der Waals surface area (Å²) in [5.41, 5.74) is 7.91. The van der Waals surface area contributed by atoms with Crippen molar-refractivity contribution in [3.63, 3.8) is 0 Å². The Balaban J connectivity index is 2.06. The highest BCUT2D eigenvalue weighted by Gasteiger charge is 2.20. The largest absolute Gasteiger partial charge is 0.347 e. The van der Waals surface area contributed by atoms with Crippen LogP contribution in [0.15, 0.2) is 48.5 Å². The number of anilines is 1. The van der Waals surface area contributed by atoms with Gasteiger partial charge in [-0.3, -0.25) is 14.4 Å². The van der Waals surface area contributed by atoms with E-state index in [2.05, 4.69) is 5.32 Å². The second-order valence-corrected chi connectivity index (χ2v) is 7.04. The molecule has 2 amide bonds. The summed E-state index contributed by atoms with van der Waals surface area (Å²) >= 11 is 0. The van der Waals surface area contributed by atoms with E-state index < -0.39 is 0 Å². The molecule has 0 heterocycles. The van der Waals surface area contributed by atoms with Crippen LogP contribution < -0.4 is 16.0 Å². The summed E-state index contributed by atoms with van der Waals surface area (Å²) in [5, 5.41) is 2.66. The van der Waals surface area contributed by atoms with Crippen molar-refractivity contribution in [1.29, 1.82) is 0 Å². The van der Waals surface area contributed by atoms with Crippen LogP contribution in [-0.2, 0) is 9.59 Å². The molecule has 6 nitrogen and oxygen atoms in total. The average molecular weight is 396 g/mol. The van der Waals surface area contributed by atoms with Crippen LogP contribution in [0.2, 0.25) is 0 Å². The SMILES string of the molecule is Cc1ccc(N(C)C(=O)CNC(=O)CCCCCN)c(C(=O)c2ccccc2)c1. The third kappa shape index (κ3) is 6.54. The minimum absolute atomic E-state index is 0.112. The van der Waals surface area contributed by atoms with Crippen LogP contribution in [0.4, 0.5) is 5.69 Å². The summed E-state index contributed by atoms with van der Waals surface area (Å²) in [5.74, 6) is -0.590. The lowest BCUT2D eigenvalue weighted by Gasteiger charge is -2.21. The lowest BCUT2D eigenvalue weighted by Crippen LogP contribution is -2.38. The highest BCUT2D eigenvalue weighted by molar-refractivity contribution is 6.14. The summed E-state index contributed by atoms with van der Waals surface area (Å²) in [6.07, 6.45) is 2.91. The van der Waals surface area contributed by atoms with E-state index in [1.165, 1.54) is 4.90 Å². The van der Waals surface area contributed by atoms with E-state index in [-0.39, 0.29) is 24.1 Å². The molecule has 154 valence electrons. The van der Waals surface area contributed by atoms with E-state index >= 15 is 0 Å². The minimum atomic E-state index is -0.286. The fourth-order valence-corrected chi connectivity index (χ4v) is 2.99. The molecule has 2 rings (SSSR count). The lowest BCUT2D eigenvalue weighted by molar-refractivity contribution is -0.124. The normalized spacial score (nSPS) is 10.4. The Labute approximate surface area is 172 Å². The topological polar surface area (TPSA) is 92.5 Å². The number of nitrogens with one attached hydrogen (secondary N) is 1. The predicted octanol–water partition coefficient (Wildman–Crippen LogP) is 2.82. The van der Waals surface area contributed by atoms with Crippen molar-refractivity contribution in [3.8, 4) is 0 Å². The van der Waals surface area contributed by atoms with Crippen LogP contribution in [0.25, 0.3) is 0 Å². The second kappa shape index (κ2) is 11.1. The number of ketones is 1. The van der Waals surface area contributed by atoms with E-state index in [0.717, 1.165) is 24.8 Å². The highest BCUT2D eigenvalue weighted by Crippen LogP contribution is 2.24. The average Bonchev–Trinajstić information content (AvgIpc) is 2.74. The van der Waals surface area contributed by atoms with E-state index in [4.69, 9.17) is 5.73 Å². The van der Waals surface area contributed by atoms with Crippen LogP contribution >= 0.6 is 0 Å². The molecule has 3 N–H and O–H groups in total. The third-order valence-electron chi connectivity index (χ3n) is 4.71. The maximum Gasteiger partial charge on any atom is 0.246 e. The summed E-state index contributed by atoms with van der Waals surface area (Å²) < 4.78 is 0. The van der Waals surface area contributed by atoms with Crippen molar-refractivity contribution in [2.45, 2.75) is 32.6 Å². The highest BCUT2D eigenvalue weighted by atomic mass is 16.2. The summed E-state index contributed by atoms with van der Waals surface area (Å²) in [4.78, 5) is 38.9. The first-order chi connectivity index (χ1) is 13.9. The van der Waals surface area contributed by atoms with Gasteiger partial charge in [0.15, 0.2) is 5.78 Å². The molecule has 0 radical (unpaired) electrons. The first-order valence-electron chi connectivity index (χ1n) is 9.87. The maximum absolute atomic E-state index is 13.0. The summed E-state index contributed by atoms with van der Waals surface area (Å²) in [6, 6.07) is 14.4. The second-order valence-electron chi connectivity index (χ2n) is 7.04. The number of unbranched alkanes of at least 4 members (excludes halogenated alkanes) is 2. The number of rotatable bonds is 10. The molecular formula is C23H29N3O3. The number of nitrogens with two attached hydrogens (primary N) is 1. The molecule has 29 heavy (non-hydrogen) atoms. The van der Waals surface area contributed by atoms with E-state index in [1.807, 2.05) is 19.1 Å². The molecule has 0 spiro atoms. The molecule has 2 aromatic rings. The third-order valence-corrected chi connectivity index (χ3v) is 4.71. The van der Waals surface area contributed by atoms with Gasteiger partial charge in [-0.1, -0.05) is 48.4 Å². The van der Waals surface area contributed by atoms with Gasteiger partial charge in [0.05, 0.1) is 12.2 Å². The Morgan fingerprint density at radius 2 is 1.72 bits per heavy atom. The van der Waals surface area contributed by atoms with Gasteiger partial charge in [-0.15, -0.1) is 0 Å². The Hall–Kier alpha value is -2.99. The molecule has 0 unspecified atom stereocenters. The van der Waals surface area contributed by atoms with Crippen LogP contribution in [0.5, 0.6) is 0 Å². The van der Waals surface area contributed by atoms with E-state index in [1.54, 1.807) is 43.4 Å². The molecule has 0 aliphatic heterocycles. The van der Waals surface area contributed by atoms with Gasteiger partial charge in [0, 0.05) is 24.6 Å². The molecule has 0 aliphatic carbocycles. The van der Waals surface area contributed by atoms with Gasteiger partial charge in [0.1, 0.15) is 0 Å². The van der Waals surface area contributed by atoms with Gasteiger partial charge >= 0.3 is 0 Å². The number of carbonyl (C=O) groups is 3. The van der Waals surface area contributed by atoms with Crippen LogP contribution in [0, 0.1) is 6.92 Å². The Kier molecular flexibility index (Phi) is 8.55. The number of benzene rings is 2. The minimum Gasteiger partial charge on any atom is -0.347 e. The molecule has 6 heteroatoms. The van der Waals surface area contributed by atoms with Gasteiger partial charge in [-0.25, -0.2) is 0 Å². The number of hydrogen-bond donors (Lipinski definition) is 2. The van der Waals surface area contributed by atoms with Gasteiger partial charge in [0.2, 0.25) is 11.8 Å². The Bertz CT molecular complexity index is 850. The number of carbonyl (C=O) groups excluding carboxylic acids is 3. The van der Waals surface area contributed by atoms with Gasteiger partial charge < -0.3 is 16.0 Å². The van der Waals surface area contributed by atoms with Crippen LogP contribution in [-0.4, -0.2) is 37.7 Å². The lowest BCUT2D eigenvalue weighted by atomic mass is 9.99.